The van der Waals surface area contributed by atoms with Crippen molar-refractivity contribution in [1.29, 1.82) is 0 Å². The third kappa shape index (κ3) is 3.81. The minimum absolute atomic E-state index is 0.145. The van der Waals surface area contributed by atoms with Gasteiger partial charge in [0.05, 0.1) is 6.04 Å². The van der Waals surface area contributed by atoms with Gasteiger partial charge in [-0.1, -0.05) is 39.5 Å². The van der Waals surface area contributed by atoms with E-state index in [2.05, 4.69) is 10.6 Å². The van der Waals surface area contributed by atoms with E-state index >= 15 is 0 Å². The molecule has 2 rings (SSSR count). The minimum Gasteiger partial charge on any atom is -0.464 e. The maximum atomic E-state index is 12.3. The summed E-state index contributed by atoms with van der Waals surface area (Å²) in [6, 6.07) is 3.16. The molecule has 1 fully saturated rings. The van der Waals surface area contributed by atoms with Gasteiger partial charge in [0, 0.05) is 12.2 Å². The van der Waals surface area contributed by atoms with Gasteiger partial charge in [0.1, 0.15) is 17.6 Å². The van der Waals surface area contributed by atoms with E-state index < -0.39 is 6.04 Å². The zero-order valence-electron chi connectivity index (χ0n) is 12.9. The van der Waals surface area contributed by atoms with Gasteiger partial charge in [0.2, 0.25) is 5.91 Å². The molecule has 2 amide bonds. The average molecular weight is 310 g/mol. The van der Waals surface area contributed by atoms with Crippen LogP contribution in [0.4, 0.5) is 4.79 Å². The third-order valence-corrected chi connectivity index (χ3v) is 4.34. The van der Waals surface area contributed by atoms with E-state index in [1.807, 2.05) is 39.8 Å². The van der Waals surface area contributed by atoms with Gasteiger partial charge in [0.15, 0.2) is 0 Å². The molecule has 0 aromatic carbocycles. The smallest absolute Gasteiger partial charge is 0.279 e. The molecule has 0 saturated carbocycles. The highest BCUT2D eigenvalue weighted by molar-refractivity contribution is 8.14. The molecule has 21 heavy (non-hydrogen) atoms. The highest BCUT2D eigenvalue weighted by Gasteiger charge is 2.35. The quantitative estimate of drug-likeness (QED) is 0.897. The molecule has 5 nitrogen and oxygen atoms in total. The van der Waals surface area contributed by atoms with Crippen molar-refractivity contribution in [2.24, 2.45) is 5.41 Å². The molecule has 2 atom stereocenters. The molecule has 6 heteroatoms. The molecule has 0 bridgehead atoms. The molecule has 2 N–H and O–H groups in total. The Balaban J connectivity index is 2.13. The van der Waals surface area contributed by atoms with Gasteiger partial charge >= 0.3 is 0 Å². The SMILES string of the molecule is CCc1ccc([C@@H](NC(=O)[C@H]2CSC(=O)N2)C(C)(C)C)o1. The Morgan fingerprint density at radius 1 is 1.52 bits per heavy atom. The van der Waals surface area contributed by atoms with Gasteiger partial charge in [0.25, 0.3) is 5.24 Å². The van der Waals surface area contributed by atoms with Crippen molar-refractivity contribution in [3.05, 3.63) is 23.7 Å². The molecule has 2 heterocycles. The number of rotatable bonds is 4. The van der Waals surface area contributed by atoms with Crippen molar-refractivity contribution in [2.45, 2.75) is 46.2 Å². The molecule has 1 aliphatic heterocycles. The number of carbonyl (C=O) groups excluding carboxylic acids is 2. The summed E-state index contributed by atoms with van der Waals surface area (Å²) in [6.45, 7) is 8.18. The number of thioether (sulfide) groups is 1. The van der Waals surface area contributed by atoms with Crippen LogP contribution in [0.15, 0.2) is 16.5 Å². The summed E-state index contributed by atoms with van der Waals surface area (Å²) in [5.41, 5.74) is -0.186. The van der Waals surface area contributed by atoms with Crippen LogP contribution < -0.4 is 10.6 Å². The minimum atomic E-state index is -0.465. The largest absolute Gasteiger partial charge is 0.464 e. The van der Waals surface area contributed by atoms with E-state index in [1.54, 1.807) is 0 Å². The average Bonchev–Trinajstić information content (AvgIpc) is 3.02. The topological polar surface area (TPSA) is 71.3 Å². The zero-order valence-corrected chi connectivity index (χ0v) is 13.7. The molecule has 1 aliphatic rings. The van der Waals surface area contributed by atoms with Crippen LogP contribution in [0.1, 0.15) is 45.3 Å². The predicted octanol–water partition coefficient (Wildman–Crippen LogP) is 2.87. The second-order valence-electron chi connectivity index (χ2n) is 6.26. The molecule has 116 valence electrons. The fraction of sp³-hybridized carbons (Fsp3) is 0.600. The van der Waals surface area contributed by atoms with E-state index in [1.165, 1.54) is 0 Å². The molecule has 1 saturated heterocycles. The predicted molar refractivity (Wildman–Crippen MR) is 83.2 cm³/mol. The summed E-state index contributed by atoms with van der Waals surface area (Å²) in [5, 5.41) is 5.53. The Labute approximate surface area is 129 Å². The van der Waals surface area contributed by atoms with Crippen molar-refractivity contribution in [2.75, 3.05) is 5.75 Å². The first-order valence-corrected chi connectivity index (χ1v) is 8.12. The maximum Gasteiger partial charge on any atom is 0.279 e. The number of hydrogen-bond acceptors (Lipinski definition) is 4. The summed E-state index contributed by atoms with van der Waals surface area (Å²) >= 11 is 1.14. The lowest BCUT2D eigenvalue weighted by Gasteiger charge is -2.30. The molecular formula is C15H22N2O3S. The van der Waals surface area contributed by atoms with Gasteiger partial charge in [-0.3, -0.25) is 9.59 Å². The number of nitrogens with one attached hydrogen (secondary N) is 2. The standard InChI is InChI=1S/C15H22N2O3S/c1-5-9-6-7-11(20-9)12(15(2,3)4)17-13(18)10-8-21-14(19)16-10/h6-7,10,12H,5,8H2,1-4H3,(H,16,19)(H,17,18)/t10-,12-/m1/s1. The maximum absolute atomic E-state index is 12.3. The number of furan rings is 1. The summed E-state index contributed by atoms with van der Waals surface area (Å²) < 4.78 is 5.80. The van der Waals surface area contributed by atoms with Crippen molar-refractivity contribution < 1.29 is 14.0 Å². The lowest BCUT2D eigenvalue weighted by atomic mass is 9.85. The number of aryl methyl sites for hydroxylation is 1. The number of hydrogen-bond donors (Lipinski definition) is 2. The van der Waals surface area contributed by atoms with Crippen LogP contribution in [-0.4, -0.2) is 22.9 Å². The Kier molecular flexibility index (Phi) is 4.66. The molecule has 0 radical (unpaired) electrons. The van der Waals surface area contributed by atoms with Crippen molar-refractivity contribution >= 4 is 22.9 Å². The zero-order chi connectivity index (χ0) is 15.6. The van der Waals surface area contributed by atoms with E-state index in [-0.39, 0.29) is 22.6 Å². The third-order valence-electron chi connectivity index (χ3n) is 3.46. The Morgan fingerprint density at radius 2 is 2.24 bits per heavy atom. The van der Waals surface area contributed by atoms with Crippen LogP contribution in [0.2, 0.25) is 0 Å². The first-order chi connectivity index (χ1) is 9.81. The van der Waals surface area contributed by atoms with Gasteiger partial charge in [-0.2, -0.15) is 0 Å². The highest BCUT2D eigenvalue weighted by atomic mass is 32.2. The molecule has 0 unspecified atom stereocenters. The monoisotopic (exact) mass is 310 g/mol. The number of carbonyl (C=O) groups is 2. The molecule has 1 aromatic heterocycles. The lowest BCUT2D eigenvalue weighted by molar-refractivity contribution is -0.124. The fourth-order valence-corrected chi connectivity index (χ4v) is 3.00. The second-order valence-corrected chi connectivity index (χ2v) is 7.25. The van der Waals surface area contributed by atoms with Gasteiger partial charge < -0.3 is 15.1 Å². The van der Waals surface area contributed by atoms with Gasteiger partial charge in [-0.25, -0.2) is 0 Å². The first-order valence-electron chi connectivity index (χ1n) is 7.13. The lowest BCUT2D eigenvalue weighted by Crippen LogP contribution is -2.46. The van der Waals surface area contributed by atoms with E-state index in [0.717, 1.165) is 29.7 Å². The Bertz CT molecular complexity index is 533. The van der Waals surface area contributed by atoms with Crippen molar-refractivity contribution in [3.8, 4) is 0 Å². The van der Waals surface area contributed by atoms with E-state index in [4.69, 9.17) is 4.42 Å². The summed E-state index contributed by atoms with van der Waals surface area (Å²) in [5.74, 6) is 1.96. The highest BCUT2D eigenvalue weighted by Crippen LogP contribution is 2.34. The van der Waals surface area contributed by atoms with Crippen molar-refractivity contribution in [3.63, 3.8) is 0 Å². The Hall–Kier alpha value is -1.43. The van der Waals surface area contributed by atoms with Gasteiger partial charge in [-0.15, -0.1) is 0 Å². The molecule has 1 aromatic rings. The molecular weight excluding hydrogens is 288 g/mol. The summed E-state index contributed by atoms with van der Waals surface area (Å²) in [4.78, 5) is 23.5. The summed E-state index contributed by atoms with van der Waals surface area (Å²) in [7, 11) is 0. The summed E-state index contributed by atoms with van der Waals surface area (Å²) in [6.07, 6.45) is 0.820. The fourth-order valence-electron chi connectivity index (χ4n) is 2.22. The van der Waals surface area contributed by atoms with Crippen LogP contribution in [0.25, 0.3) is 0 Å². The molecule has 0 spiro atoms. The Morgan fingerprint density at radius 3 is 2.71 bits per heavy atom. The van der Waals surface area contributed by atoms with Gasteiger partial charge in [-0.05, 0) is 17.5 Å². The van der Waals surface area contributed by atoms with Crippen LogP contribution in [0, 0.1) is 5.41 Å². The van der Waals surface area contributed by atoms with Crippen LogP contribution in [0.3, 0.4) is 0 Å². The first kappa shape index (κ1) is 15.9. The van der Waals surface area contributed by atoms with E-state index in [9.17, 15) is 9.59 Å². The van der Waals surface area contributed by atoms with Crippen LogP contribution >= 0.6 is 11.8 Å². The van der Waals surface area contributed by atoms with Crippen molar-refractivity contribution in [1.82, 2.24) is 10.6 Å². The van der Waals surface area contributed by atoms with Crippen LogP contribution in [0.5, 0.6) is 0 Å². The van der Waals surface area contributed by atoms with E-state index in [0.29, 0.717) is 5.75 Å². The second kappa shape index (κ2) is 6.13. The van der Waals surface area contributed by atoms with Crippen LogP contribution in [-0.2, 0) is 11.2 Å². The normalized spacial score (nSPS) is 20.2. The number of amides is 2. The molecule has 0 aliphatic carbocycles.